The highest BCUT2D eigenvalue weighted by atomic mass is 16.3. The number of hydrogen-bond donors (Lipinski definition) is 9. The van der Waals surface area contributed by atoms with Crippen molar-refractivity contribution in [2.24, 2.45) is 16.5 Å². The van der Waals surface area contributed by atoms with Crippen molar-refractivity contribution in [1.82, 2.24) is 26.6 Å². The number of aromatic hydroxyl groups is 1. The fourth-order valence-corrected chi connectivity index (χ4v) is 5.09. The lowest BCUT2D eigenvalue weighted by molar-refractivity contribution is -0.129. The van der Waals surface area contributed by atoms with Crippen LogP contribution in [0.2, 0.25) is 0 Å². The second-order valence-electron chi connectivity index (χ2n) is 11.8. The van der Waals surface area contributed by atoms with E-state index in [0.29, 0.717) is 38.8 Å². The molecule has 2 atom stereocenters. The number of hydrogen-bond acceptors (Lipinski definition) is 7. The monoisotopic (exact) mass is 701 g/mol. The Bertz CT molecular complexity index is 1550. The van der Waals surface area contributed by atoms with E-state index in [1.165, 1.54) is 0 Å². The third-order valence-electron chi connectivity index (χ3n) is 7.88. The molecule has 3 aromatic rings. The summed E-state index contributed by atoms with van der Waals surface area (Å²) in [6.07, 6.45) is 2.64. The maximum Gasteiger partial charge on any atom is 0.344 e. The van der Waals surface area contributed by atoms with Crippen LogP contribution in [0, 0.1) is 0 Å². The van der Waals surface area contributed by atoms with Crippen molar-refractivity contribution >= 4 is 35.4 Å². The molecular formula is C37H51N9O5. The minimum absolute atomic E-state index is 0.0621. The predicted octanol–water partition coefficient (Wildman–Crippen LogP) is 2.40. The summed E-state index contributed by atoms with van der Waals surface area (Å²) in [5.74, 6) is -1.37. The minimum Gasteiger partial charge on any atom is -0.508 e. The molecule has 51 heavy (non-hydrogen) atoms. The highest BCUT2D eigenvalue weighted by Gasteiger charge is 2.28. The van der Waals surface area contributed by atoms with Gasteiger partial charge in [-0.2, -0.15) is 4.99 Å². The van der Waals surface area contributed by atoms with E-state index < -0.39 is 18.0 Å². The van der Waals surface area contributed by atoms with Crippen LogP contribution in [0.5, 0.6) is 5.75 Å². The Balaban J connectivity index is 1.65. The first-order valence-corrected chi connectivity index (χ1v) is 17.3. The fraction of sp³-hybridized carbons (Fsp3) is 0.378. The molecule has 3 aromatic carbocycles. The van der Waals surface area contributed by atoms with Gasteiger partial charge in [-0.05, 0) is 73.2 Å². The summed E-state index contributed by atoms with van der Waals surface area (Å²) in [6, 6.07) is 22.1. The molecule has 5 amide bonds. The van der Waals surface area contributed by atoms with E-state index in [9.17, 15) is 24.3 Å². The van der Waals surface area contributed by atoms with Gasteiger partial charge in [0.15, 0.2) is 5.96 Å². The number of phenolic OH excluding ortho intramolecular Hbond substituents is 1. The van der Waals surface area contributed by atoms with Crippen molar-refractivity contribution in [3.8, 4) is 5.75 Å². The van der Waals surface area contributed by atoms with E-state index in [0.717, 1.165) is 35.3 Å². The smallest absolute Gasteiger partial charge is 0.344 e. The van der Waals surface area contributed by atoms with Crippen molar-refractivity contribution in [3.05, 3.63) is 95.6 Å². The van der Waals surface area contributed by atoms with Gasteiger partial charge in [0.1, 0.15) is 11.8 Å². The molecule has 0 saturated heterocycles. The Morgan fingerprint density at radius 2 is 1.43 bits per heavy atom. The van der Waals surface area contributed by atoms with Crippen LogP contribution in [0.15, 0.2) is 83.9 Å². The molecular weight excluding hydrogens is 650 g/mol. The zero-order chi connectivity index (χ0) is 36.8. The molecule has 1 unspecified atom stereocenters. The topological polar surface area (TPSA) is 225 Å². The van der Waals surface area contributed by atoms with Gasteiger partial charge in [-0.3, -0.25) is 14.4 Å². The lowest BCUT2D eigenvalue weighted by atomic mass is 9.90. The van der Waals surface area contributed by atoms with Crippen molar-refractivity contribution in [2.75, 3.05) is 38.0 Å². The van der Waals surface area contributed by atoms with Crippen LogP contribution >= 0.6 is 0 Å². The average molecular weight is 702 g/mol. The molecule has 11 N–H and O–H groups in total. The van der Waals surface area contributed by atoms with Crippen molar-refractivity contribution in [1.29, 1.82) is 0 Å². The lowest BCUT2D eigenvalue weighted by Crippen LogP contribution is -2.48. The molecule has 14 heteroatoms. The van der Waals surface area contributed by atoms with Gasteiger partial charge in [-0.25, -0.2) is 4.79 Å². The SMILES string of the molecule is CCC(=O)NCCNC(=O)/N=C(/N)NCCCC[C@@H](NC(=O)C(c1ccccc1)c1ccc(NCCCN)cc1)C(=O)NCc1ccc(O)cc1. The second-order valence-corrected chi connectivity index (χ2v) is 11.8. The summed E-state index contributed by atoms with van der Waals surface area (Å²) in [6.45, 7) is 4.16. The van der Waals surface area contributed by atoms with Gasteiger partial charge in [-0.1, -0.05) is 61.5 Å². The number of urea groups is 1. The number of nitrogens with zero attached hydrogens (tertiary/aromatic N) is 1. The summed E-state index contributed by atoms with van der Waals surface area (Å²) in [7, 11) is 0. The Morgan fingerprint density at radius 3 is 2.12 bits per heavy atom. The quantitative estimate of drug-likeness (QED) is 0.0478. The summed E-state index contributed by atoms with van der Waals surface area (Å²) in [5, 5.41) is 26.9. The van der Waals surface area contributed by atoms with Crippen molar-refractivity contribution in [3.63, 3.8) is 0 Å². The molecule has 0 aromatic heterocycles. The minimum atomic E-state index is -0.844. The highest BCUT2D eigenvalue weighted by Crippen LogP contribution is 2.27. The Hall–Kier alpha value is -5.63. The molecule has 14 nitrogen and oxygen atoms in total. The standard InChI is InChI=1S/C37H51N9O5/c1-2-32(48)41-23-24-43-37(51)46-36(39)42-21-7-6-11-31(34(49)44-25-26-12-18-30(47)19-13-26)45-35(50)33(27-9-4-3-5-10-27)28-14-16-29(17-15-28)40-22-8-20-38/h3-5,9-10,12-19,31,33,40,47H,2,6-8,11,20-25,38H2,1H3,(H,41,48)(H,44,49)(H,45,50)(H4,39,42,43,46,51)/t31-,33?/m1/s1. The third-order valence-corrected chi connectivity index (χ3v) is 7.88. The van der Waals surface area contributed by atoms with E-state index in [4.69, 9.17) is 11.5 Å². The molecule has 274 valence electrons. The number of amides is 5. The first-order chi connectivity index (χ1) is 24.7. The zero-order valence-corrected chi connectivity index (χ0v) is 29.1. The maximum absolute atomic E-state index is 14.0. The largest absolute Gasteiger partial charge is 0.508 e. The summed E-state index contributed by atoms with van der Waals surface area (Å²) < 4.78 is 0. The number of guanidine groups is 1. The predicted molar refractivity (Wildman–Crippen MR) is 199 cm³/mol. The number of nitrogens with two attached hydrogens (primary N) is 2. The van der Waals surface area contributed by atoms with Crippen LogP contribution in [0.3, 0.4) is 0 Å². The lowest BCUT2D eigenvalue weighted by Gasteiger charge is -2.23. The summed E-state index contributed by atoms with van der Waals surface area (Å²) >= 11 is 0. The van der Waals surface area contributed by atoms with Gasteiger partial charge in [0.2, 0.25) is 17.7 Å². The van der Waals surface area contributed by atoms with Gasteiger partial charge in [0.05, 0.1) is 5.92 Å². The number of rotatable bonds is 20. The molecule has 0 heterocycles. The molecule has 0 bridgehead atoms. The van der Waals surface area contributed by atoms with Gasteiger partial charge in [-0.15, -0.1) is 0 Å². The highest BCUT2D eigenvalue weighted by molar-refractivity contribution is 5.93. The average Bonchev–Trinajstić information content (AvgIpc) is 3.13. The Kier molecular flexibility index (Phi) is 17.3. The van der Waals surface area contributed by atoms with E-state index in [2.05, 4.69) is 36.9 Å². The van der Waals surface area contributed by atoms with Crippen LogP contribution in [0.25, 0.3) is 0 Å². The molecule has 0 fully saturated rings. The van der Waals surface area contributed by atoms with Gasteiger partial charge in [0.25, 0.3) is 0 Å². The van der Waals surface area contributed by atoms with E-state index in [-0.39, 0.29) is 49.1 Å². The molecule has 0 aliphatic carbocycles. The number of benzene rings is 3. The van der Waals surface area contributed by atoms with Crippen molar-refractivity contribution < 1.29 is 24.3 Å². The number of carbonyl (C=O) groups excluding carboxylic acids is 4. The van der Waals surface area contributed by atoms with Crippen LogP contribution in [-0.4, -0.2) is 73.6 Å². The summed E-state index contributed by atoms with van der Waals surface area (Å²) in [5.41, 5.74) is 14.7. The van der Waals surface area contributed by atoms with E-state index in [1.54, 1.807) is 31.2 Å². The molecule has 3 rings (SSSR count). The van der Waals surface area contributed by atoms with Gasteiger partial charge >= 0.3 is 6.03 Å². The fourth-order valence-electron chi connectivity index (χ4n) is 5.09. The molecule has 0 aliphatic rings. The molecule has 0 radical (unpaired) electrons. The number of unbranched alkanes of at least 4 members (excludes halogenated alkanes) is 1. The van der Waals surface area contributed by atoms with Gasteiger partial charge in [0, 0.05) is 44.8 Å². The Morgan fingerprint density at radius 1 is 0.745 bits per heavy atom. The first kappa shape index (κ1) is 39.8. The molecule has 0 saturated carbocycles. The number of anilines is 1. The van der Waals surface area contributed by atoms with Crippen molar-refractivity contribution in [2.45, 2.75) is 57.5 Å². The normalized spacial score (nSPS) is 12.2. The second kappa shape index (κ2) is 22.2. The maximum atomic E-state index is 14.0. The number of aliphatic imine (C=N–C) groups is 1. The van der Waals surface area contributed by atoms with Gasteiger partial charge < -0.3 is 48.5 Å². The van der Waals surface area contributed by atoms with Crippen LogP contribution < -0.4 is 43.4 Å². The molecule has 0 aliphatic heterocycles. The first-order valence-electron chi connectivity index (χ1n) is 17.3. The number of phenols is 1. The van der Waals surface area contributed by atoms with E-state index in [1.807, 2.05) is 54.6 Å². The number of nitrogens with one attached hydrogen (secondary N) is 6. The van der Waals surface area contributed by atoms with Crippen LogP contribution in [-0.2, 0) is 20.9 Å². The summed E-state index contributed by atoms with van der Waals surface area (Å²) in [4.78, 5) is 54.6. The molecule has 0 spiro atoms. The third kappa shape index (κ3) is 14.8. The number of carbonyl (C=O) groups is 4. The van der Waals surface area contributed by atoms with Crippen LogP contribution in [0.1, 0.15) is 61.6 Å². The van der Waals surface area contributed by atoms with E-state index >= 15 is 0 Å². The Labute approximate surface area is 299 Å². The zero-order valence-electron chi connectivity index (χ0n) is 29.1. The van der Waals surface area contributed by atoms with Crippen LogP contribution in [0.4, 0.5) is 10.5 Å².